The minimum atomic E-state index is -3.15. The van der Waals surface area contributed by atoms with Crippen LogP contribution in [0.1, 0.15) is 70.4 Å². The second kappa shape index (κ2) is 11.8. The second-order valence-electron chi connectivity index (χ2n) is 11.3. The Hall–Kier alpha value is -1.70. The normalized spacial score (nSPS) is 25.9. The zero-order valence-corrected chi connectivity index (χ0v) is 24.2. The van der Waals surface area contributed by atoms with Crippen LogP contribution in [-0.4, -0.2) is 76.8 Å². The SMILES string of the molecule is CCS(=O)(=O)N1CCC(c2ccc(CC(NC(=O)[C@@H]3[C@H]4CC[C@H](S4)N3OOC(C)(C)C)C(N)=O)cc2)CC1. The fourth-order valence-electron chi connectivity index (χ4n) is 5.23. The van der Waals surface area contributed by atoms with Crippen LogP contribution in [0.5, 0.6) is 0 Å². The van der Waals surface area contributed by atoms with Crippen molar-refractivity contribution in [2.45, 2.75) is 94.0 Å². The fraction of sp³-hybridized carbons (Fsp3) is 0.692. The predicted octanol–water partition coefficient (Wildman–Crippen LogP) is 2.30. The molecule has 0 aromatic heterocycles. The summed E-state index contributed by atoms with van der Waals surface area (Å²) >= 11 is 1.69. The predicted molar refractivity (Wildman–Crippen MR) is 146 cm³/mol. The number of nitrogens with one attached hydrogen (secondary N) is 1. The van der Waals surface area contributed by atoms with Gasteiger partial charge in [-0.1, -0.05) is 24.3 Å². The van der Waals surface area contributed by atoms with Crippen LogP contribution < -0.4 is 11.1 Å². The summed E-state index contributed by atoms with van der Waals surface area (Å²) in [5, 5.41) is 4.57. The van der Waals surface area contributed by atoms with Crippen molar-refractivity contribution in [2.75, 3.05) is 18.8 Å². The number of hydroxylamine groups is 2. The molecule has 0 saturated carbocycles. The number of nitrogens with two attached hydrogens (primary N) is 1. The molecular formula is C26H40N4O6S2. The van der Waals surface area contributed by atoms with Crippen LogP contribution in [0.4, 0.5) is 0 Å². The molecule has 3 saturated heterocycles. The van der Waals surface area contributed by atoms with Gasteiger partial charge in [-0.05, 0) is 70.4 Å². The number of piperidine rings is 2. The maximum absolute atomic E-state index is 13.3. The van der Waals surface area contributed by atoms with E-state index in [1.165, 1.54) is 0 Å². The molecule has 3 aliphatic heterocycles. The van der Waals surface area contributed by atoms with E-state index in [0.717, 1.165) is 36.8 Å². The molecule has 0 spiro atoms. The monoisotopic (exact) mass is 568 g/mol. The van der Waals surface area contributed by atoms with E-state index in [2.05, 4.69) is 5.32 Å². The van der Waals surface area contributed by atoms with E-state index in [1.807, 2.05) is 45.0 Å². The van der Waals surface area contributed by atoms with Crippen molar-refractivity contribution in [3.05, 3.63) is 35.4 Å². The van der Waals surface area contributed by atoms with Crippen molar-refractivity contribution in [1.82, 2.24) is 14.7 Å². The van der Waals surface area contributed by atoms with Crippen LogP contribution in [-0.2, 0) is 35.9 Å². The van der Waals surface area contributed by atoms with E-state index in [-0.39, 0.29) is 34.6 Å². The second-order valence-corrected chi connectivity index (χ2v) is 14.9. The molecule has 4 atom stereocenters. The van der Waals surface area contributed by atoms with Crippen LogP contribution >= 0.6 is 11.8 Å². The third kappa shape index (κ3) is 6.89. The average molecular weight is 569 g/mol. The first-order chi connectivity index (χ1) is 17.9. The number of carbonyl (C=O) groups is 2. The van der Waals surface area contributed by atoms with E-state index < -0.39 is 33.6 Å². The molecule has 1 unspecified atom stereocenters. The lowest BCUT2D eigenvalue weighted by Gasteiger charge is -2.33. The molecule has 4 rings (SSSR count). The topological polar surface area (TPSA) is 131 Å². The third-order valence-corrected chi connectivity index (χ3v) is 10.8. The molecular weight excluding hydrogens is 528 g/mol. The molecule has 3 heterocycles. The number of amides is 2. The smallest absolute Gasteiger partial charge is 0.241 e. The molecule has 0 radical (unpaired) electrons. The lowest BCUT2D eigenvalue weighted by molar-refractivity contribution is -0.469. The third-order valence-electron chi connectivity index (χ3n) is 7.35. The molecule has 3 aliphatic rings. The summed E-state index contributed by atoms with van der Waals surface area (Å²) in [5.74, 6) is -0.478. The van der Waals surface area contributed by atoms with Gasteiger partial charge in [0.15, 0.2) is 0 Å². The number of hydrogen-bond acceptors (Lipinski definition) is 8. The zero-order valence-electron chi connectivity index (χ0n) is 22.6. The lowest BCUT2D eigenvalue weighted by atomic mass is 9.89. The Bertz CT molecular complexity index is 1100. The number of hydrogen-bond donors (Lipinski definition) is 2. The molecule has 1 aromatic carbocycles. The van der Waals surface area contributed by atoms with Crippen LogP contribution in [0.3, 0.4) is 0 Å². The zero-order chi connectivity index (χ0) is 27.7. The number of fused-ring (bicyclic) bond motifs is 2. The number of primary amides is 1. The van der Waals surface area contributed by atoms with Gasteiger partial charge in [0.1, 0.15) is 12.1 Å². The first-order valence-electron chi connectivity index (χ1n) is 13.3. The van der Waals surface area contributed by atoms with Gasteiger partial charge in [-0.2, -0.15) is 0 Å². The van der Waals surface area contributed by atoms with Gasteiger partial charge in [-0.15, -0.1) is 21.8 Å². The van der Waals surface area contributed by atoms with Gasteiger partial charge in [0, 0.05) is 24.8 Å². The fourth-order valence-corrected chi connectivity index (χ4v) is 7.99. The molecule has 2 bridgehead atoms. The van der Waals surface area contributed by atoms with Crippen molar-refractivity contribution >= 4 is 33.6 Å². The maximum Gasteiger partial charge on any atom is 0.241 e. The Balaban J connectivity index is 1.35. The van der Waals surface area contributed by atoms with Gasteiger partial charge in [-0.25, -0.2) is 17.6 Å². The van der Waals surface area contributed by atoms with E-state index >= 15 is 0 Å². The van der Waals surface area contributed by atoms with Gasteiger partial charge in [0.25, 0.3) is 0 Å². The van der Waals surface area contributed by atoms with Gasteiger partial charge in [0.2, 0.25) is 21.8 Å². The van der Waals surface area contributed by atoms with Crippen LogP contribution in [0.15, 0.2) is 24.3 Å². The van der Waals surface area contributed by atoms with Crippen molar-refractivity contribution in [3.63, 3.8) is 0 Å². The van der Waals surface area contributed by atoms with Crippen molar-refractivity contribution in [1.29, 1.82) is 0 Å². The quantitative estimate of drug-likeness (QED) is 0.325. The van der Waals surface area contributed by atoms with E-state index in [4.69, 9.17) is 15.6 Å². The van der Waals surface area contributed by atoms with E-state index in [0.29, 0.717) is 13.1 Å². The number of benzene rings is 1. The molecule has 3 N–H and O–H groups in total. The Kier molecular flexibility index (Phi) is 9.10. The Morgan fingerprint density at radius 1 is 1.13 bits per heavy atom. The highest BCUT2D eigenvalue weighted by Crippen LogP contribution is 2.47. The summed E-state index contributed by atoms with van der Waals surface area (Å²) in [7, 11) is -3.15. The lowest BCUT2D eigenvalue weighted by Crippen LogP contribution is -2.56. The Morgan fingerprint density at radius 2 is 1.79 bits per heavy atom. The number of nitrogens with zero attached hydrogens (tertiary/aromatic N) is 2. The van der Waals surface area contributed by atoms with Gasteiger partial charge in [0.05, 0.1) is 16.7 Å². The number of carbonyl (C=O) groups excluding carboxylic acids is 2. The van der Waals surface area contributed by atoms with Crippen LogP contribution in [0, 0.1) is 0 Å². The van der Waals surface area contributed by atoms with Crippen LogP contribution in [0.25, 0.3) is 0 Å². The summed E-state index contributed by atoms with van der Waals surface area (Å²) in [4.78, 5) is 36.7. The van der Waals surface area contributed by atoms with Gasteiger partial charge in [-0.3, -0.25) is 9.59 Å². The maximum atomic E-state index is 13.3. The largest absolute Gasteiger partial charge is 0.368 e. The summed E-state index contributed by atoms with van der Waals surface area (Å²) < 4.78 is 25.8. The Morgan fingerprint density at radius 3 is 2.37 bits per heavy atom. The standard InChI is InChI=1S/C26H40N4O6S2/c1-5-38(33,34)29-14-12-19(13-15-29)18-8-6-17(7-9-18)16-20(24(27)31)28-25(32)23-21-10-11-22(37-21)30(23)36-35-26(2,3)4/h6-9,19-23H,5,10-16H2,1-4H3,(H2,27,31)(H,28,32)/t20?,21-,22+,23+/m1/s1. The highest BCUT2D eigenvalue weighted by molar-refractivity contribution is 8.01. The number of sulfonamides is 1. The minimum absolute atomic E-state index is 0.0339. The Labute approximate surface area is 229 Å². The highest BCUT2D eigenvalue weighted by atomic mass is 32.2. The summed E-state index contributed by atoms with van der Waals surface area (Å²) in [6.07, 6.45) is 3.64. The molecule has 2 amide bonds. The van der Waals surface area contributed by atoms with Crippen LogP contribution in [0.2, 0.25) is 0 Å². The summed E-state index contributed by atoms with van der Waals surface area (Å²) in [5.41, 5.74) is 7.18. The van der Waals surface area contributed by atoms with Gasteiger partial charge >= 0.3 is 0 Å². The number of rotatable bonds is 10. The highest BCUT2D eigenvalue weighted by Gasteiger charge is 2.52. The molecule has 38 heavy (non-hydrogen) atoms. The van der Waals surface area contributed by atoms with E-state index in [9.17, 15) is 18.0 Å². The molecule has 212 valence electrons. The van der Waals surface area contributed by atoms with E-state index in [1.54, 1.807) is 28.1 Å². The summed E-state index contributed by atoms with van der Waals surface area (Å²) in [6, 6.07) is 6.53. The molecule has 1 aromatic rings. The van der Waals surface area contributed by atoms with Crippen molar-refractivity contribution < 1.29 is 27.9 Å². The average Bonchev–Trinajstić information content (AvgIpc) is 3.49. The molecule has 10 nitrogen and oxygen atoms in total. The first kappa shape index (κ1) is 29.3. The summed E-state index contributed by atoms with van der Waals surface area (Å²) in [6.45, 7) is 8.35. The first-order valence-corrected chi connectivity index (χ1v) is 15.9. The number of thioether (sulfide) groups is 1. The van der Waals surface area contributed by atoms with Gasteiger partial charge < -0.3 is 11.1 Å². The molecule has 12 heteroatoms. The molecule has 3 fully saturated rings. The molecule has 0 aliphatic carbocycles. The van der Waals surface area contributed by atoms with Crippen molar-refractivity contribution in [2.24, 2.45) is 5.73 Å². The minimum Gasteiger partial charge on any atom is -0.368 e. The van der Waals surface area contributed by atoms with Crippen molar-refractivity contribution in [3.8, 4) is 0 Å².